The Balaban J connectivity index is 2.74. The molecule has 0 bridgehead atoms. The highest BCUT2D eigenvalue weighted by Gasteiger charge is 2.07. The molecule has 4 heteroatoms. The summed E-state index contributed by atoms with van der Waals surface area (Å²) in [6.45, 7) is 10.6. The molecule has 4 nitrogen and oxygen atoms in total. The molecule has 0 amide bonds. The highest BCUT2D eigenvalue weighted by Crippen LogP contribution is 2.15. The molecule has 0 aliphatic heterocycles. The van der Waals surface area contributed by atoms with E-state index in [2.05, 4.69) is 29.1 Å². The summed E-state index contributed by atoms with van der Waals surface area (Å²) in [5.74, 6) is 1.83. The minimum absolute atomic E-state index is 0.687. The van der Waals surface area contributed by atoms with E-state index in [1.807, 2.05) is 13.8 Å². The zero-order valence-electron chi connectivity index (χ0n) is 11.3. The summed E-state index contributed by atoms with van der Waals surface area (Å²) in [6.07, 6.45) is 1.87. The number of ether oxygens (including phenoxy) is 1. The van der Waals surface area contributed by atoms with Crippen LogP contribution in [0.1, 0.15) is 37.4 Å². The van der Waals surface area contributed by atoms with Crippen LogP contribution in [0.3, 0.4) is 0 Å². The maximum atomic E-state index is 5.33. The molecule has 17 heavy (non-hydrogen) atoms. The summed E-state index contributed by atoms with van der Waals surface area (Å²) < 4.78 is 5.33. The standard InChI is InChI=1S/C13H23N3O/c1-5-8-14-13-10(3)11(4)15-12(16-13)7-9-17-6-2/h5-9H2,1-4H3,(H,14,15,16). The molecule has 1 heterocycles. The van der Waals surface area contributed by atoms with E-state index < -0.39 is 0 Å². The second-order valence-corrected chi connectivity index (χ2v) is 4.07. The Kier molecular flexibility index (Phi) is 5.91. The van der Waals surface area contributed by atoms with Crippen LogP contribution in [0.25, 0.3) is 0 Å². The van der Waals surface area contributed by atoms with Crippen molar-refractivity contribution < 1.29 is 4.74 Å². The summed E-state index contributed by atoms with van der Waals surface area (Å²) in [7, 11) is 0. The van der Waals surface area contributed by atoms with Crippen molar-refractivity contribution in [3.05, 3.63) is 17.1 Å². The first-order valence-corrected chi connectivity index (χ1v) is 6.34. The van der Waals surface area contributed by atoms with E-state index in [0.29, 0.717) is 6.61 Å². The van der Waals surface area contributed by atoms with Crippen LogP contribution in [0, 0.1) is 13.8 Å². The highest BCUT2D eigenvalue weighted by molar-refractivity contribution is 5.45. The van der Waals surface area contributed by atoms with Crippen LogP contribution in [0.2, 0.25) is 0 Å². The van der Waals surface area contributed by atoms with Crippen LogP contribution in [-0.4, -0.2) is 29.7 Å². The molecule has 0 aliphatic carbocycles. The maximum absolute atomic E-state index is 5.33. The molecule has 0 aromatic carbocycles. The number of anilines is 1. The molecule has 0 saturated carbocycles. The second kappa shape index (κ2) is 7.22. The van der Waals surface area contributed by atoms with Crippen molar-refractivity contribution in [3.63, 3.8) is 0 Å². The number of rotatable bonds is 7. The van der Waals surface area contributed by atoms with Gasteiger partial charge in [0.2, 0.25) is 0 Å². The molecule has 96 valence electrons. The summed E-state index contributed by atoms with van der Waals surface area (Å²) in [5, 5.41) is 3.34. The zero-order valence-corrected chi connectivity index (χ0v) is 11.3. The topological polar surface area (TPSA) is 47.0 Å². The minimum Gasteiger partial charge on any atom is -0.381 e. The van der Waals surface area contributed by atoms with Gasteiger partial charge in [0.15, 0.2) is 0 Å². The van der Waals surface area contributed by atoms with Crippen LogP contribution in [-0.2, 0) is 11.2 Å². The van der Waals surface area contributed by atoms with E-state index in [1.54, 1.807) is 0 Å². The van der Waals surface area contributed by atoms with E-state index in [4.69, 9.17) is 4.74 Å². The predicted octanol–water partition coefficient (Wildman–Crippen LogP) is 2.49. The van der Waals surface area contributed by atoms with Gasteiger partial charge in [-0.1, -0.05) is 6.92 Å². The van der Waals surface area contributed by atoms with Gasteiger partial charge in [-0.3, -0.25) is 0 Å². The number of nitrogens with zero attached hydrogens (tertiary/aromatic N) is 2. The Morgan fingerprint density at radius 3 is 2.59 bits per heavy atom. The number of nitrogens with one attached hydrogen (secondary N) is 1. The fourth-order valence-corrected chi connectivity index (χ4v) is 1.52. The van der Waals surface area contributed by atoms with Gasteiger partial charge >= 0.3 is 0 Å². The summed E-state index contributed by atoms with van der Waals surface area (Å²) in [4.78, 5) is 9.02. The van der Waals surface area contributed by atoms with Crippen LogP contribution >= 0.6 is 0 Å². The molecule has 0 unspecified atom stereocenters. The largest absolute Gasteiger partial charge is 0.381 e. The number of aryl methyl sites for hydroxylation is 1. The van der Waals surface area contributed by atoms with Crippen LogP contribution in [0.4, 0.5) is 5.82 Å². The van der Waals surface area contributed by atoms with Gasteiger partial charge < -0.3 is 10.1 Å². The molecule has 1 N–H and O–H groups in total. The maximum Gasteiger partial charge on any atom is 0.133 e. The quantitative estimate of drug-likeness (QED) is 0.740. The first kappa shape index (κ1) is 13.9. The Labute approximate surface area is 104 Å². The molecule has 0 atom stereocenters. The van der Waals surface area contributed by atoms with E-state index in [9.17, 15) is 0 Å². The van der Waals surface area contributed by atoms with Gasteiger partial charge in [0.05, 0.1) is 6.61 Å². The first-order valence-electron chi connectivity index (χ1n) is 6.34. The lowest BCUT2D eigenvalue weighted by Crippen LogP contribution is -2.10. The van der Waals surface area contributed by atoms with E-state index >= 15 is 0 Å². The summed E-state index contributed by atoms with van der Waals surface area (Å²) >= 11 is 0. The second-order valence-electron chi connectivity index (χ2n) is 4.07. The summed E-state index contributed by atoms with van der Waals surface area (Å²) in [5.41, 5.74) is 2.18. The fraction of sp³-hybridized carbons (Fsp3) is 0.692. The Morgan fingerprint density at radius 1 is 1.18 bits per heavy atom. The van der Waals surface area contributed by atoms with Crippen molar-refractivity contribution in [1.29, 1.82) is 0 Å². The molecule has 0 fully saturated rings. The minimum atomic E-state index is 0.687. The molecule has 0 saturated heterocycles. The molecule has 1 aromatic heterocycles. The van der Waals surface area contributed by atoms with Crippen molar-refractivity contribution in [2.75, 3.05) is 25.1 Å². The van der Waals surface area contributed by atoms with Crippen molar-refractivity contribution in [1.82, 2.24) is 9.97 Å². The fourth-order valence-electron chi connectivity index (χ4n) is 1.52. The Morgan fingerprint density at radius 2 is 1.94 bits per heavy atom. The molecule has 1 aromatic rings. The number of hydrogen-bond acceptors (Lipinski definition) is 4. The van der Waals surface area contributed by atoms with Gasteiger partial charge in [-0.05, 0) is 27.2 Å². The normalized spacial score (nSPS) is 10.6. The van der Waals surface area contributed by atoms with E-state index in [1.165, 1.54) is 0 Å². The lowest BCUT2D eigenvalue weighted by Gasteiger charge is -2.11. The zero-order chi connectivity index (χ0) is 12.7. The van der Waals surface area contributed by atoms with Crippen molar-refractivity contribution >= 4 is 5.82 Å². The third-order valence-corrected chi connectivity index (χ3v) is 2.65. The van der Waals surface area contributed by atoms with Gasteiger partial charge in [-0.2, -0.15) is 0 Å². The van der Waals surface area contributed by atoms with Crippen molar-refractivity contribution in [2.45, 2.75) is 40.5 Å². The monoisotopic (exact) mass is 237 g/mol. The molecule has 1 rings (SSSR count). The predicted molar refractivity (Wildman–Crippen MR) is 70.5 cm³/mol. The lowest BCUT2D eigenvalue weighted by atomic mass is 10.2. The third-order valence-electron chi connectivity index (χ3n) is 2.65. The van der Waals surface area contributed by atoms with E-state index in [-0.39, 0.29) is 0 Å². The molecule has 0 aliphatic rings. The lowest BCUT2D eigenvalue weighted by molar-refractivity contribution is 0.149. The Hall–Kier alpha value is -1.16. The average Bonchev–Trinajstić information content (AvgIpc) is 2.32. The van der Waals surface area contributed by atoms with Gasteiger partial charge in [-0.25, -0.2) is 9.97 Å². The SMILES string of the molecule is CCCNc1nc(CCOCC)nc(C)c1C. The molecule has 0 spiro atoms. The van der Waals surface area contributed by atoms with Gasteiger partial charge in [0.25, 0.3) is 0 Å². The molecule has 0 radical (unpaired) electrons. The van der Waals surface area contributed by atoms with Crippen molar-refractivity contribution in [3.8, 4) is 0 Å². The van der Waals surface area contributed by atoms with Crippen molar-refractivity contribution in [2.24, 2.45) is 0 Å². The number of hydrogen-bond donors (Lipinski definition) is 1. The third kappa shape index (κ3) is 4.30. The van der Waals surface area contributed by atoms with E-state index in [0.717, 1.165) is 48.9 Å². The van der Waals surface area contributed by atoms with Gasteiger partial charge in [-0.15, -0.1) is 0 Å². The molecular formula is C13H23N3O. The van der Waals surface area contributed by atoms with Gasteiger partial charge in [0, 0.05) is 30.8 Å². The van der Waals surface area contributed by atoms with Crippen LogP contribution < -0.4 is 5.32 Å². The first-order chi connectivity index (χ1) is 8.19. The Bertz CT molecular complexity index is 353. The molecular weight excluding hydrogens is 214 g/mol. The highest BCUT2D eigenvalue weighted by atomic mass is 16.5. The van der Waals surface area contributed by atoms with Gasteiger partial charge in [0.1, 0.15) is 11.6 Å². The average molecular weight is 237 g/mol. The van der Waals surface area contributed by atoms with Crippen LogP contribution in [0.5, 0.6) is 0 Å². The number of aromatic nitrogens is 2. The summed E-state index contributed by atoms with van der Waals surface area (Å²) in [6, 6.07) is 0. The smallest absolute Gasteiger partial charge is 0.133 e. The van der Waals surface area contributed by atoms with Crippen LogP contribution in [0.15, 0.2) is 0 Å².